The number of benzene rings is 1. The smallest absolute Gasteiger partial charge is 0.274 e. The van der Waals surface area contributed by atoms with Gasteiger partial charge in [0.05, 0.1) is 18.9 Å². The molecule has 1 aliphatic heterocycles. The minimum absolute atomic E-state index is 0.0184. The Labute approximate surface area is 187 Å². The lowest BCUT2D eigenvalue weighted by molar-refractivity contribution is 0.0730. The van der Waals surface area contributed by atoms with E-state index in [1.54, 1.807) is 14.0 Å². The molecule has 1 saturated heterocycles. The van der Waals surface area contributed by atoms with E-state index >= 15 is 0 Å². The molecule has 1 fully saturated rings. The number of anilines is 1. The van der Waals surface area contributed by atoms with E-state index in [-0.39, 0.29) is 28.8 Å². The number of nitrogens with one attached hydrogen (secondary N) is 1. The number of aromatic nitrogens is 2. The maximum absolute atomic E-state index is 13.6. The van der Waals surface area contributed by atoms with Crippen molar-refractivity contribution < 1.29 is 26.7 Å². The van der Waals surface area contributed by atoms with Gasteiger partial charge < -0.3 is 9.30 Å². The number of aryl methyl sites for hydroxylation is 2. The number of sulfonamides is 1. The van der Waals surface area contributed by atoms with Crippen LogP contribution in [0.5, 0.6) is 0 Å². The first-order chi connectivity index (χ1) is 15.2. The van der Waals surface area contributed by atoms with Gasteiger partial charge in [0.1, 0.15) is 10.6 Å². The number of nitrogens with zero attached hydrogens (tertiary/aromatic N) is 3. The van der Waals surface area contributed by atoms with Crippen molar-refractivity contribution in [3.8, 4) is 11.3 Å². The van der Waals surface area contributed by atoms with E-state index < -0.39 is 27.6 Å². The summed E-state index contributed by atoms with van der Waals surface area (Å²) in [7, 11) is -2.17. The van der Waals surface area contributed by atoms with Crippen molar-refractivity contribution >= 4 is 32.4 Å². The molecule has 0 radical (unpaired) electrons. The second-order valence-electron chi connectivity index (χ2n) is 7.20. The molecule has 0 bridgehead atoms. The third kappa shape index (κ3) is 4.31. The number of morpholine rings is 1. The predicted molar refractivity (Wildman–Crippen MR) is 115 cm³/mol. The van der Waals surface area contributed by atoms with Crippen LogP contribution in [0.4, 0.5) is 13.9 Å². The molecule has 1 amide bonds. The summed E-state index contributed by atoms with van der Waals surface area (Å²) in [6.07, 6.45) is 1.39. The molecule has 1 aliphatic rings. The van der Waals surface area contributed by atoms with Crippen molar-refractivity contribution in [3.63, 3.8) is 0 Å². The van der Waals surface area contributed by atoms with Gasteiger partial charge in [-0.25, -0.2) is 22.2 Å². The lowest BCUT2D eigenvalue weighted by Gasteiger charge is -2.25. The maximum Gasteiger partial charge on any atom is 0.274 e. The van der Waals surface area contributed by atoms with Crippen molar-refractivity contribution in [2.45, 2.75) is 11.8 Å². The van der Waals surface area contributed by atoms with Crippen LogP contribution in [0.3, 0.4) is 0 Å². The topological polar surface area (TPSA) is 93.5 Å². The fraction of sp³-hybridized carbons (Fsp3) is 0.300. The van der Waals surface area contributed by atoms with Gasteiger partial charge in [-0.2, -0.15) is 4.31 Å². The zero-order chi connectivity index (χ0) is 23.0. The fourth-order valence-electron chi connectivity index (χ4n) is 3.36. The molecule has 1 N–H and O–H groups in total. The van der Waals surface area contributed by atoms with Gasteiger partial charge in [-0.15, -0.1) is 11.3 Å². The van der Waals surface area contributed by atoms with Crippen LogP contribution in [-0.2, 0) is 21.8 Å². The first-order valence-electron chi connectivity index (χ1n) is 9.65. The molecule has 0 saturated carbocycles. The summed E-state index contributed by atoms with van der Waals surface area (Å²) in [5.74, 6) is -2.48. The number of amides is 1. The molecule has 3 aromatic rings. The van der Waals surface area contributed by atoms with Gasteiger partial charge in [-0.05, 0) is 31.2 Å². The molecule has 0 atom stereocenters. The van der Waals surface area contributed by atoms with Gasteiger partial charge >= 0.3 is 0 Å². The number of carbonyl (C=O) groups is 1. The maximum atomic E-state index is 13.6. The first kappa shape index (κ1) is 22.5. The molecular weight excluding hydrogens is 462 g/mol. The van der Waals surface area contributed by atoms with Gasteiger partial charge in [-0.3, -0.25) is 10.1 Å². The highest BCUT2D eigenvalue weighted by Crippen LogP contribution is 2.31. The number of hydrogen-bond donors (Lipinski definition) is 1. The summed E-state index contributed by atoms with van der Waals surface area (Å²) in [6, 6.07) is 4.79. The van der Waals surface area contributed by atoms with E-state index in [9.17, 15) is 22.0 Å². The predicted octanol–water partition coefficient (Wildman–Crippen LogP) is 3.01. The summed E-state index contributed by atoms with van der Waals surface area (Å²) >= 11 is 1.17. The van der Waals surface area contributed by atoms with Crippen LogP contribution < -0.4 is 5.32 Å². The van der Waals surface area contributed by atoms with Crippen LogP contribution in [0, 0.1) is 18.6 Å². The Balaban J connectivity index is 1.55. The van der Waals surface area contributed by atoms with Gasteiger partial charge in [0.25, 0.3) is 5.91 Å². The highest BCUT2D eigenvalue weighted by atomic mass is 32.2. The van der Waals surface area contributed by atoms with Crippen LogP contribution >= 0.6 is 11.3 Å². The summed E-state index contributed by atoms with van der Waals surface area (Å²) < 4.78 is 60.4. The third-order valence-corrected chi connectivity index (χ3v) is 7.78. The van der Waals surface area contributed by atoms with Crippen molar-refractivity contribution in [1.82, 2.24) is 13.9 Å². The first-order valence-corrected chi connectivity index (χ1v) is 11.9. The normalized spacial score (nSPS) is 15.1. The Bertz CT molecular complexity index is 1280. The molecule has 3 heterocycles. The molecule has 170 valence electrons. The number of halogens is 2. The van der Waals surface area contributed by atoms with Gasteiger partial charge in [-0.1, -0.05) is 0 Å². The monoisotopic (exact) mass is 482 g/mol. The molecule has 12 heteroatoms. The van der Waals surface area contributed by atoms with E-state index in [2.05, 4.69) is 10.3 Å². The van der Waals surface area contributed by atoms with Crippen LogP contribution in [0.15, 0.2) is 35.4 Å². The minimum Gasteiger partial charge on any atom is -0.379 e. The molecule has 0 unspecified atom stereocenters. The number of rotatable bonds is 5. The Kier molecular flexibility index (Phi) is 6.12. The van der Waals surface area contributed by atoms with Crippen molar-refractivity contribution in [3.05, 3.63) is 52.7 Å². The van der Waals surface area contributed by atoms with Gasteiger partial charge in [0.2, 0.25) is 10.0 Å². The fourth-order valence-corrected chi connectivity index (χ4v) is 5.67. The molecule has 32 heavy (non-hydrogen) atoms. The lowest BCUT2D eigenvalue weighted by Crippen LogP contribution is -2.40. The Morgan fingerprint density at radius 1 is 1.19 bits per heavy atom. The van der Waals surface area contributed by atoms with Crippen LogP contribution in [0.2, 0.25) is 0 Å². The number of carbonyl (C=O) groups excluding carboxylic acids is 1. The molecular formula is C20H20F2N4O4S2. The highest BCUT2D eigenvalue weighted by Gasteiger charge is 2.29. The molecule has 2 aromatic heterocycles. The van der Waals surface area contributed by atoms with Gasteiger partial charge in [0, 0.05) is 36.8 Å². The Morgan fingerprint density at radius 3 is 2.59 bits per heavy atom. The quantitative estimate of drug-likeness (QED) is 0.604. The molecule has 1 aromatic carbocycles. The molecule has 8 nitrogen and oxygen atoms in total. The van der Waals surface area contributed by atoms with E-state index in [1.807, 2.05) is 0 Å². The van der Waals surface area contributed by atoms with E-state index in [0.29, 0.717) is 29.3 Å². The van der Waals surface area contributed by atoms with Crippen LogP contribution in [-0.4, -0.2) is 54.5 Å². The van der Waals surface area contributed by atoms with E-state index in [4.69, 9.17) is 4.74 Å². The SMILES string of the molecule is Cc1sc(NC(=O)c2cc(S(=O)(=O)N3CCOCC3)cn2C)nc1-c1ccc(F)c(F)c1. The second-order valence-corrected chi connectivity index (χ2v) is 10.3. The largest absolute Gasteiger partial charge is 0.379 e. The summed E-state index contributed by atoms with van der Waals surface area (Å²) in [6.45, 7) is 2.90. The van der Waals surface area contributed by atoms with Crippen LogP contribution in [0.25, 0.3) is 11.3 Å². The average molecular weight is 483 g/mol. The Hall–Kier alpha value is -2.67. The zero-order valence-electron chi connectivity index (χ0n) is 17.3. The van der Waals surface area contributed by atoms with E-state index in [0.717, 1.165) is 12.1 Å². The molecule has 0 aliphatic carbocycles. The van der Waals surface area contributed by atoms with Gasteiger partial charge in [0.15, 0.2) is 16.8 Å². The highest BCUT2D eigenvalue weighted by molar-refractivity contribution is 7.89. The van der Waals surface area contributed by atoms with Crippen LogP contribution in [0.1, 0.15) is 15.4 Å². The Morgan fingerprint density at radius 2 is 1.91 bits per heavy atom. The minimum atomic E-state index is -3.74. The van der Waals surface area contributed by atoms with E-state index in [1.165, 1.54) is 38.5 Å². The van der Waals surface area contributed by atoms with Crippen molar-refractivity contribution in [2.24, 2.45) is 7.05 Å². The molecule has 4 rings (SSSR count). The summed E-state index contributed by atoms with van der Waals surface area (Å²) in [5.41, 5.74) is 0.946. The summed E-state index contributed by atoms with van der Waals surface area (Å²) in [5, 5.41) is 2.91. The summed E-state index contributed by atoms with van der Waals surface area (Å²) in [4.78, 5) is 17.8. The zero-order valence-corrected chi connectivity index (χ0v) is 18.9. The van der Waals surface area contributed by atoms with Crippen molar-refractivity contribution in [2.75, 3.05) is 31.6 Å². The lowest BCUT2D eigenvalue weighted by atomic mass is 10.1. The van der Waals surface area contributed by atoms with Crippen molar-refractivity contribution in [1.29, 1.82) is 0 Å². The standard InChI is InChI=1S/C20H20F2N4O4S2/c1-12-18(13-3-4-15(21)16(22)9-13)23-20(31-12)24-19(27)17-10-14(11-25(17)2)32(28,29)26-5-7-30-8-6-26/h3-4,9-11H,5-8H2,1-2H3,(H,23,24,27). The number of hydrogen-bond acceptors (Lipinski definition) is 6. The second kappa shape index (κ2) is 8.70. The number of thiazole rings is 1. The number of ether oxygens (including phenoxy) is 1. The average Bonchev–Trinajstić information content (AvgIpc) is 3.33. The molecule has 0 spiro atoms. The third-order valence-electron chi connectivity index (χ3n) is 5.03.